The highest BCUT2D eigenvalue weighted by molar-refractivity contribution is 5.94. The SMILES string of the molecule is CCCC[C@@H](NC(=O)[C@H](Cc1ccc(O)cc1)NC(=O)OC(C)(C)C)C(=O)NCC(=O)N[C@@H](Cc1ccccc1)C(N)=O. The lowest BCUT2D eigenvalue weighted by atomic mass is 10.0. The highest BCUT2D eigenvalue weighted by atomic mass is 16.6. The van der Waals surface area contributed by atoms with Gasteiger partial charge in [0.15, 0.2) is 0 Å². The molecular formula is C31H43N5O7. The second-order valence-electron chi connectivity index (χ2n) is 11.2. The lowest BCUT2D eigenvalue weighted by Gasteiger charge is -2.25. The molecule has 0 saturated heterocycles. The quantitative estimate of drug-likeness (QED) is 0.181. The lowest BCUT2D eigenvalue weighted by Crippen LogP contribution is -2.56. The first-order chi connectivity index (χ1) is 20.3. The normalized spacial score (nSPS) is 13.1. The minimum Gasteiger partial charge on any atom is -0.508 e. The molecule has 12 heteroatoms. The van der Waals surface area contributed by atoms with Gasteiger partial charge in [-0.1, -0.05) is 62.2 Å². The zero-order valence-corrected chi connectivity index (χ0v) is 25.1. The third-order valence-electron chi connectivity index (χ3n) is 6.25. The van der Waals surface area contributed by atoms with Crippen LogP contribution in [0.15, 0.2) is 54.6 Å². The number of primary amides is 1. The van der Waals surface area contributed by atoms with E-state index in [1.807, 2.05) is 13.0 Å². The number of nitrogens with one attached hydrogen (secondary N) is 4. The molecule has 2 aromatic carbocycles. The number of aromatic hydroxyl groups is 1. The first-order valence-electron chi connectivity index (χ1n) is 14.3. The van der Waals surface area contributed by atoms with Crippen LogP contribution in [0.1, 0.15) is 58.1 Å². The molecule has 0 aliphatic rings. The van der Waals surface area contributed by atoms with Crippen molar-refractivity contribution in [3.8, 4) is 5.75 Å². The fourth-order valence-electron chi connectivity index (χ4n) is 4.08. The number of phenolic OH excluding ortho intramolecular Hbond substituents is 1. The van der Waals surface area contributed by atoms with Gasteiger partial charge >= 0.3 is 6.09 Å². The van der Waals surface area contributed by atoms with Crippen molar-refractivity contribution in [1.82, 2.24) is 21.3 Å². The summed E-state index contributed by atoms with van der Waals surface area (Å²) >= 11 is 0. The fourth-order valence-corrected chi connectivity index (χ4v) is 4.08. The number of rotatable bonds is 15. The monoisotopic (exact) mass is 597 g/mol. The van der Waals surface area contributed by atoms with Crippen LogP contribution in [0.3, 0.4) is 0 Å². The first kappa shape index (κ1) is 34.6. The second-order valence-corrected chi connectivity index (χ2v) is 11.2. The van der Waals surface area contributed by atoms with Gasteiger partial charge in [-0.15, -0.1) is 0 Å². The Kier molecular flexibility index (Phi) is 13.5. The summed E-state index contributed by atoms with van der Waals surface area (Å²) in [6.07, 6.45) is 1.08. The number of ether oxygens (including phenoxy) is 1. The van der Waals surface area contributed by atoms with Crippen LogP contribution in [0, 0.1) is 0 Å². The fraction of sp³-hybridized carbons (Fsp3) is 0.452. The summed E-state index contributed by atoms with van der Waals surface area (Å²) in [5, 5.41) is 19.9. The summed E-state index contributed by atoms with van der Waals surface area (Å²) in [4.78, 5) is 63.5. The third kappa shape index (κ3) is 13.3. The molecule has 0 aromatic heterocycles. The van der Waals surface area contributed by atoms with E-state index in [-0.39, 0.29) is 25.0 Å². The van der Waals surface area contributed by atoms with E-state index in [0.717, 1.165) is 12.0 Å². The Balaban J connectivity index is 2.08. The summed E-state index contributed by atoms with van der Waals surface area (Å²) < 4.78 is 5.32. The molecule has 0 fully saturated rings. The van der Waals surface area contributed by atoms with Crippen LogP contribution in [-0.2, 0) is 36.8 Å². The van der Waals surface area contributed by atoms with Crippen LogP contribution in [0.4, 0.5) is 4.79 Å². The minimum absolute atomic E-state index is 0.0485. The standard InChI is InChI=1S/C31H43N5O7/c1-5-6-12-23(28(40)33-19-26(38)34-24(27(32)39)17-20-10-8-7-9-11-20)35-29(41)25(36-30(42)43-31(2,3)4)18-21-13-15-22(37)16-14-21/h7-11,13-16,23-25,37H,5-6,12,17-19H2,1-4H3,(H2,32,39)(H,33,40)(H,34,38)(H,35,41)(H,36,42)/t23-,24+,25+/m1/s1. The average Bonchev–Trinajstić information content (AvgIpc) is 2.93. The van der Waals surface area contributed by atoms with Gasteiger partial charge in [0.05, 0.1) is 6.54 Å². The third-order valence-corrected chi connectivity index (χ3v) is 6.25. The first-order valence-corrected chi connectivity index (χ1v) is 14.3. The Hall–Kier alpha value is -4.61. The molecular weight excluding hydrogens is 554 g/mol. The van der Waals surface area contributed by atoms with Gasteiger partial charge in [-0.25, -0.2) is 4.79 Å². The number of hydrogen-bond donors (Lipinski definition) is 6. The molecule has 0 aliphatic carbocycles. The number of amides is 5. The van der Waals surface area contributed by atoms with Gasteiger partial charge in [0.25, 0.3) is 0 Å². The van der Waals surface area contributed by atoms with Gasteiger partial charge in [0.2, 0.25) is 23.6 Å². The minimum atomic E-state index is -1.10. The molecule has 0 heterocycles. The van der Waals surface area contributed by atoms with E-state index in [9.17, 15) is 29.1 Å². The zero-order chi connectivity index (χ0) is 32.0. The van der Waals surface area contributed by atoms with E-state index in [0.29, 0.717) is 12.0 Å². The molecule has 2 aromatic rings. The number of alkyl carbamates (subject to hydrolysis) is 1. The maximum absolute atomic E-state index is 13.4. The van der Waals surface area contributed by atoms with Crippen molar-refractivity contribution in [2.45, 2.75) is 83.5 Å². The van der Waals surface area contributed by atoms with Crippen molar-refractivity contribution < 1.29 is 33.8 Å². The molecule has 0 radical (unpaired) electrons. The Labute approximate surface area is 252 Å². The molecule has 3 atom stereocenters. The van der Waals surface area contributed by atoms with E-state index in [1.54, 1.807) is 57.2 Å². The average molecular weight is 598 g/mol. The van der Waals surface area contributed by atoms with Gasteiger partial charge in [-0.05, 0) is 50.5 Å². The summed E-state index contributed by atoms with van der Waals surface area (Å²) in [6.45, 7) is 6.56. The Morgan fingerprint density at radius 1 is 0.814 bits per heavy atom. The van der Waals surface area contributed by atoms with Crippen LogP contribution in [-0.4, -0.2) is 65.1 Å². The van der Waals surface area contributed by atoms with Gasteiger partial charge in [-0.3, -0.25) is 19.2 Å². The highest BCUT2D eigenvalue weighted by Gasteiger charge is 2.29. The largest absolute Gasteiger partial charge is 0.508 e. The van der Waals surface area contributed by atoms with Crippen molar-refractivity contribution in [3.05, 3.63) is 65.7 Å². The van der Waals surface area contributed by atoms with Crippen LogP contribution in [0.25, 0.3) is 0 Å². The van der Waals surface area contributed by atoms with Crippen LogP contribution < -0.4 is 27.0 Å². The Bertz CT molecular complexity index is 1230. The van der Waals surface area contributed by atoms with Crippen molar-refractivity contribution in [2.75, 3.05) is 6.54 Å². The predicted molar refractivity (Wildman–Crippen MR) is 161 cm³/mol. The van der Waals surface area contributed by atoms with Gasteiger partial charge < -0.3 is 36.8 Å². The molecule has 2 rings (SSSR count). The van der Waals surface area contributed by atoms with E-state index in [2.05, 4.69) is 21.3 Å². The van der Waals surface area contributed by atoms with Gasteiger partial charge in [0.1, 0.15) is 29.5 Å². The molecule has 7 N–H and O–H groups in total. The molecule has 5 amide bonds. The molecule has 0 bridgehead atoms. The zero-order valence-electron chi connectivity index (χ0n) is 25.1. The number of carbonyl (C=O) groups excluding carboxylic acids is 5. The summed E-state index contributed by atoms with van der Waals surface area (Å²) in [5.74, 6) is -2.51. The molecule has 234 valence electrons. The molecule has 12 nitrogen and oxygen atoms in total. The summed E-state index contributed by atoms with van der Waals surface area (Å²) in [6, 6.07) is 12.1. The van der Waals surface area contributed by atoms with Gasteiger partial charge in [-0.2, -0.15) is 0 Å². The Morgan fingerprint density at radius 3 is 2.00 bits per heavy atom. The predicted octanol–water partition coefficient (Wildman–Crippen LogP) is 1.83. The van der Waals surface area contributed by atoms with Crippen molar-refractivity contribution in [1.29, 1.82) is 0 Å². The molecule has 0 spiro atoms. The molecule has 0 aliphatic heterocycles. The molecule has 0 saturated carbocycles. The maximum atomic E-state index is 13.4. The number of benzene rings is 2. The van der Waals surface area contributed by atoms with Crippen LogP contribution in [0.2, 0.25) is 0 Å². The summed E-state index contributed by atoms with van der Waals surface area (Å²) in [7, 11) is 0. The van der Waals surface area contributed by atoms with Crippen molar-refractivity contribution >= 4 is 29.7 Å². The maximum Gasteiger partial charge on any atom is 0.408 e. The number of phenols is 1. The van der Waals surface area contributed by atoms with Crippen molar-refractivity contribution in [2.24, 2.45) is 5.73 Å². The highest BCUT2D eigenvalue weighted by Crippen LogP contribution is 2.13. The number of unbranched alkanes of at least 4 members (excludes halogenated alkanes) is 1. The van der Waals surface area contributed by atoms with Crippen molar-refractivity contribution in [3.63, 3.8) is 0 Å². The second kappa shape index (κ2) is 16.7. The smallest absolute Gasteiger partial charge is 0.408 e. The lowest BCUT2D eigenvalue weighted by molar-refractivity contribution is -0.131. The van der Waals surface area contributed by atoms with Crippen LogP contribution in [0.5, 0.6) is 5.75 Å². The summed E-state index contributed by atoms with van der Waals surface area (Å²) in [5.41, 5.74) is 6.12. The van der Waals surface area contributed by atoms with Gasteiger partial charge in [0, 0.05) is 12.8 Å². The van der Waals surface area contributed by atoms with E-state index in [4.69, 9.17) is 10.5 Å². The topological polar surface area (TPSA) is 189 Å². The number of hydrogen-bond acceptors (Lipinski definition) is 7. The van der Waals surface area contributed by atoms with E-state index in [1.165, 1.54) is 12.1 Å². The van der Waals surface area contributed by atoms with E-state index < -0.39 is 60.0 Å². The Morgan fingerprint density at radius 2 is 1.42 bits per heavy atom. The van der Waals surface area contributed by atoms with E-state index >= 15 is 0 Å². The van der Waals surface area contributed by atoms with Crippen LogP contribution >= 0.6 is 0 Å². The molecule has 43 heavy (non-hydrogen) atoms. The number of carbonyl (C=O) groups is 5. The molecule has 0 unspecified atom stereocenters. The number of nitrogens with two attached hydrogens (primary N) is 1.